The van der Waals surface area contributed by atoms with Gasteiger partial charge in [0.05, 0.1) is 11.7 Å². The zero-order valence-corrected chi connectivity index (χ0v) is 11.6. The van der Waals surface area contributed by atoms with E-state index in [4.69, 9.17) is 4.98 Å². The van der Waals surface area contributed by atoms with Gasteiger partial charge in [0.15, 0.2) is 0 Å². The summed E-state index contributed by atoms with van der Waals surface area (Å²) in [5.41, 5.74) is 1.41. The van der Waals surface area contributed by atoms with Gasteiger partial charge < -0.3 is 5.32 Å². The summed E-state index contributed by atoms with van der Waals surface area (Å²) >= 11 is 1.98. The molecule has 0 saturated heterocycles. The molecule has 1 heterocycles. The van der Waals surface area contributed by atoms with Gasteiger partial charge in [-0.25, -0.2) is 4.98 Å². The Morgan fingerprint density at radius 3 is 2.65 bits per heavy atom. The maximum absolute atomic E-state index is 4.92. The number of aromatic nitrogens is 1. The van der Waals surface area contributed by atoms with Crippen molar-refractivity contribution < 1.29 is 0 Å². The zero-order chi connectivity index (χ0) is 11.8. The van der Waals surface area contributed by atoms with Gasteiger partial charge in [-0.3, -0.25) is 0 Å². The third-order valence-corrected chi connectivity index (χ3v) is 4.98. The molecule has 0 aliphatic heterocycles. The normalized spacial score (nSPS) is 21.6. The largest absolute Gasteiger partial charge is 0.305 e. The molecule has 2 nitrogen and oxygen atoms in total. The Kier molecular flexibility index (Phi) is 3.22. The number of hydrogen-bond donors (Lipinski definition) is 1. The molecule has 0 radical (unpaired) electrons. The minimum Gasteiger partial charge on any atom is -0.305 e. The molecule has 0 spiro atoms. The fourth-order valence-corrected chi connectivity index (χ4v) is 4.01. The summed E-state index contributed by atoms with van der Waals surface area (Å²) in [5, 5.41) is 5.08. The second kappa shape index (κ2) is 4.69. The Morgan fingerprint density at radius 1 is 1.24 bits per heavy atom. The van der Waals surface area contributed by atoms with E-state index in [9.17, 15) is 0 Å². The minimum absolute atomic E-state index is 0.533. The van der Waals surface area contributed by atoms with E-state index in [1.165, 1.54) is 49.2 Å². The number of rotatable bonds is 4. The van der Waals surface area contributed by atoms with Crippen LogP contribution in [0.5, 0.6) is 0 Å². The van der Waals surface area contributed by atoms with Crippen LogP contribution in [0, 0.1) is 5.92 Å². The van der Waals surface area contributed by atoms with E-state index in [-0.39, 0.29) is 0 Å². The average Bonchev–Trinajstić information content (AvgIpc) is 3.04. The lowest BCUT2D eigenvalue weighted by Crippen LogP contribution is -2.29. The summed E-state index contributed by atoms with van der Waals surface area (Å²) in [7, 11) is 0. The number of aryl methyl sites for hydroxylation is 2. The Balaban J connectivity index is 1.82. The molecule has 1 atom stereocenters. The van der Waals surface area contributed by atoms with E-state index in [0.717, 1.165) is 5.92 Å². The summed E-state index contributed by atoms with van der Waals surface area (Å²) < 4.78 is 0. The summed E-state index contributed by atoms with van der Waals surface area (Å²) in [6, 6.07) is 1.09. The van der Waals surface area contributed by atoms with Crippen molar-refractivity contribution >= 4 is 11.3 Å². The number of fused-ring (bicyclic) bond motifs is 1. The van der Waals surface area contributed by atoms with E-state index in [1.807, 2.05) is 11.3 Å². The molecule has 3 heteroatoms. The summed E-state index contributed by atoms with van der Waals surface area (Å²) in [4.78, 5) is 6.49. The molecule has 0 aromatic carbocycles. The van der Waals surface area contributed by atoms with Crippen LogP contribution in [0.2, 0.25) is 0 Å². The number of hydrogen-bond acceptors (Lipinski definition) is 3. The first-order valence-corrected chi connectivity index (χ1v) is 7.80. The summed E-state index contributed by atoms with van der Waals surface area (Å²) in [6.07, 6.45) is 7.95. The second-order valence-electron chi connectivity index (χ2n) is 5.77. The van der Waals surface area contributed by atoms with E-state index < -0.39 is 0 Å². The molecule has 0 bridgehead atoms. The topological polar surface area (TPSA) is 24.9 Å². The van der Waals surface area contributed by atoms with Gasteiger partial charge in [0.25, 0.3) is 0 Å². The molecule has 2 aliphatic carbocycles. The Labute approximate surface area is 108 Å². The predicted molar refractivity (Wildman–Crippen MR) is 72.5 cm³/mol. The third kappa shape index (κ3) is 2.55. The van der Waals surface area contributed by atoms with Gasteiger partial charge in [-0.05, 0) is 44.4 Å². The lowest BCUT2D eigenvalue weighted by molar-refractivity contribution is 0.434. The lowest BCUT2D eigenvalue weighted by atomic mass is 10.0. The van der Waals surface area contributed by atoms with Crippen molar-refractivity contribution in [3.05, 3.63) is 15.6 Å². The van der Waals surface area contributed by atoms with Crippen molar-refractivity contribution in [1.82, 2.24) is 10.3 Å². The van der Waals surface area contributed by atoms with E-state index in [2.05, 4.69) is 19.2 Å². The van der Waals surface area contributed by atoms with Gasteiger partial charge in [0.1, 0.15) is 5.01 Å². The minimum atomic E-state index is 0.533. The zero-order valence-electron chi connectivity index (χ0n) is 10.8. The monoisotopic (exact) mass is 250 g/mol. The summed E-state index contributed by atoms with van der Waals surface area (Å²) in [5.74, 6) is 0.852. The van der Waals surface area contributed by atoms with Crippen molar-refractivity contribution in [2.24, 2.45) is 5.92 Å². The molecule has 1 aromatic heterocycles. The van der Waals surface area contributed by atoms with Crippen molar-refractivity contribution in [3.8, 4) is 0 Å². The average molecular weight is 250 g/mol. The molecule has 1 N–H and O–H groups in total. The standard InChI is InChI=1S/C14H22N2S/c1-9(2)15-13(10-7-8-10)14-16-11-5-3-4-6-12(11)17-14/h9-10,13,15H,3-8H2,1-2H3. The van der Waals surface area contributed by atoms with E-state index in [0.29, 0.717) is 12.1 Å². The number of nitrogens with one attached hydrogen (secondary N) is 1. The third-order valence-electron chi connectivity index (χ3n) is 3.73. The van der Waals surface area contributed by atoms with Crippen LogP contribution in [0.25, 0.3) is 0 Å². The molecule has 0 amide bonds. The van der Waals surface area contributed by atoms with Crippen LogP contribution in [0.15, 0.2) is 0 Å². The molecule has 94 valence electrons. The van der Waals surface area contributed by atoms with Crippen LogP contribution in [-0.4, -0.2) is 11.0 Å². The highest BCUT2D eigenvalue weighted by atomic mass is 32.1. The Morgan fingerprint density at radius 2 is 2.00 bits per heavy atom. The maximum Gasteiger partial charge on any atom is 0.110 e. The maximum atomic E-state index is 4.92. The van der Waals surface area contributed by atoms with Crippen LogP contribution in [0.3, 0.4) is 0 Å². The Hall–Kier alpha value is -0.410. The predicted octanol–water partition coefficient (Wildman–Crippen LogP) is 3.47. The molecule has 1 unspecified atom stereocenters. The van der Waals surface area contributed by atoms with E-state index >= 15 is 0 Å². The first-order valence-electron chi connectivity index (χ1n) is 6.98. The highest BCUT2D eigenvalue weighted by Crippen LogP contribution is 2.43. The van der Waals surface area contributed by atoms with Crippen LogP contribution in [0.4, 0.5) is 0 Å². The fraction of sp³-hybridized carbons (Fsp3) is 0.786. The van der Waals surface area contributed by atoms with Crippen molar-refractivity contribution in [1.29, 1.82) is 0 Å². The number of thiazole rings is 1. The van der Waals surface area contributed by atoms with Crippen molar-refractivity contribution in [2.45, 2.75) is 64.5 Å². The molecular weight excluding hydrogens is 228 g/mol. The van der Waals surface area contributed by atoms with Crippen LogP contribution >= 0.6 is 11.3 Å². The van der Waals surface area contributed by atoms with Gasteiger partial charge >= 0.3 is 0 Å². The molecule has 1 aromatic rings. The molecule has 17 heavy (non-hydrogen) atoms. The van der Waals surface area contributed by atoms with Crippen LogP contribution in [0.1, 0.15) is 61.2 Å². The summed E-state index contributed by atoms with van der Waals surface area (Å²) in [6.45, 7) is 4.48. The van der Waals surface area contributed by atoms with Gasteiger partial charge in [0.2, 0.25) is 0 Å². The molecular formula is C14H22N2S. The second-order valence-corrected chi connectivity index (χ2v) is 6.88. The number of nitrogens with zero attached hydrogens (tertiary/aromatic N) is 1. The van der Waals surface area contributed by atoms with Crippen LogP contribution < -0.4 is 5.32 Å². The fourth-order valence-electron chi connectivity index (χ4n) is 2.70. The molecule has 3 rings (SSSR count). The molecule has 1 saturated carbocycles. The SMILES string of the molecule is CC(C)NC(c1nc2c(s1)CCCC2)C1CC1. The van der Waals surface area contributed by atoms with Crippen molar-refractivity contribution in [2.75, 3.05) is 0 Å². The van der Waals surface area contributed by atoms with Gasteiger partial charge in [-0.15, -0.1) is 11.3 Å². The van der Waals surface area contributed by atoms with E-state index in [1.54, 1.807) is 4.88 Å². The van der Waals surface area contributed by atoms with Crippen LogP contribution in [-0.2, 0) is 12.8 Å². The molecule has 1 fully saturated rings. The van der Waals surface area contributed by atoms with Gasteiger partial charge in [-0.1, -0.05) is 13.8 Å². The van der Waals surface area contributed by atoms with Gasteiger partial charge in [0, 0.05) is 10.9 Å². The quantitative estimate of drug-likeness (QED) is 0.885. The molecule has 2 aliphatic rings. The first kappa shape index (κ1) is 11.7. The first-order chi connectivity index (χ1) is 8.24. The van der Waals surface area contributed by atoms with Gasteiger partial charge in [-0.2, -0.15) is 0 Å². The highest BCUT2D eigenvalue weighted by Gasteiger charge is 2.35. The Bertz CT molecular complexity index is 369. The lowest BCUT2D eigenvalue weighted by Gasteiger charge is -2.18. The van der Waals surface area contributed by atoms with Crippen molar-refractivity contribution in [3.63, 3.8) is 0 Å². The smallest absolute Gasteiger partial charge is 0.110 e. The highest BCUT2D eigenvalue weighted by molar-refractivity contribution is 7.11.